The van der Waals surface area contributed by atoms with E-state index in [0.29, 0.717) is 20.6 Å². The quantitative estimate of drug-likeness (QED) is 0.561. The maximum absolute atomic E-state index is 13.5. The van der Waals surface area contributed by atoms with Gasteiger partial charge in [-0.15, -0.1) is 11.6 Å². The molecule has 0 aromatic heterocycles. The molecule has 2 aromatic carbocycles. The lowest BCUT2D eigenvalue weighted by atomic mass is 10.2. The summed E-state index contributed by atoms with van der Waals surface area (Å²) in [5.41, 5.74) is 0.794. The highest BCUT2D eigenvalue weighted by molar-refractivity contribution is 9.11. The highest BCUT2D eigenvalue weighted by atomic mass is 79.9. The fourth-order valence-corrected chi connectivity index (χ4v) is 3.31. The summed E-state index contributed by atoms with van der Waals surface area (Å²) in [6.07, 6.45) is 0. The van der Waals surface area contributed by atoms with Crippen molar-refractivity contribution < 1.29 is 13.5 Å². The van der Waals surface area contributed by atoms with E-state index in [0.717, 1.165) is 5.56 Å². The molecule has 0 fully saturated rings. The third kappa shape index (κ3) is 3.51. The van der Waals surface area contributed by atoms with Gasteiger partial charge < -0.3 is 4.74 Å². The Morgan fingerprint density at radius 2 is 1.60 bits per heavy atom. The number of rotatable bonds is 4. The second-order valence-electron chi connectivity index (χ2n) is 4.01. The molecule has 0 bridgehead atoms. The molecule has 106 valence electrons. The van der Waals surface area contributed by atoms with E-state index in [1.807, 2.05) is 0 Å². The number of hydrogen-bond acceptors (Lipinski definition) is 1. The van der Waals surface area contributed by atoms with E-state index in [1.165, 1.54) is 18.2 Å². The zero-order chi connectivity index (χ0) is 14.7. The summed E-state index contributed by atoms with van der Waals surface area (Å²) in [6.45, 7) is -0.198. The van der Waals surface area contributed by atoms with Gasteiger partial charge in [0.2, 0.25) is 0 Å². The molecule has 0 unspecified atom stereocenters. The predicted octanol–water partition coefficient (Wildman–Crippen LogP) is 5.81. The van der Waals surface area contributed by atoms with Crippen molar-refractivity contribution >= 4 is 43.5 Å². The molecule has 0 radical (unpaired) electrons. The first kappa shape index (κ1) is 15.7. The second kappa shape index (κ2) is 6.87. The summed E-state index contributed by atoms with van der Waals surface area (Å²) in [5, 5.41) is 0. The fraction of sp³-hybridized carbons (Fsp3) is 0.143. The summed E-state index contributed by atoms with van der Waals surface area (Å²) >= 11 is 12.5. The van der Waals surface area contributed by atoms with Crippen LogP contribution in [-0.2, 0) is 12.5 Å². The van der Waals surface area contributed by atoms with Crippen LogP contribution in [0.15, 0.2) is 39.3 Å². The van der Waals surface area contributed by atoms with Crippen molar-refractivity contribution in [3.05, 3.63) is 62.0 Å². The summed E-state index contributed by atoms with van der Waals surface area (Å²) in [4.78, 5) is 0. The molecule has 0 spiro atoms. The van der Waals surface area contributed by atoms with Crippen LogP contribution >= 0.6 is 43.5 Å². The minimum absolute atomic E-state index is 0.104. The Morgan fingerprint density at radius 3 is 2.10 bits per heavy atom. The van der Waals surface area contributed by atoms with Crippen LogP contribution in [0, 0.1) is 11.6 Å². The van der Waals surface area contributed by atoms with Crippen LogP contribution in [0.5, 0.6) is 5.75 Å². The number of ether oxygens (including phenoxy) is 1. The van der Waals surface area contributed by atoms with Gasteiger partial charge in [0, 0.05) is 5.88 Å². The monoisotopic (exact) mass is 424 g/mol. The zero-order valence-electron chi connectivity index (χ0n) is 10.1. The molecule has 0 N–H and O–H groups in total. The van der Waals surface area contributed by atoms with E-state index in [1.54, 1.807) is 12.1 Å². The van der Waals surface area contributed by atoms with Crippen molar-refractivity contribution in [3.63, 3.8) is 0 Å². The second-order valence-corrected chi connectivity index (χ2v) is 5.99. The van der Waals surface area contributed by atoms with E-state index in [9.17, 15) is 8.78 Å². The van der Waals surface area contributed by atoms with E-state index < -0.39 is 11.6 Å². The highest BCUT2D eigenvalue weighted by Crippen LogP contribution is 2.36. The van der Waals surface area contributed by atoms with Gasteiger partial charge in [0.1, 0.15) is 24.0 Å². The lowest BCUT2D eigenvalue weighted by Crippen LogP contribution is -2.03. The van der Waals surface area contributed by atoms with Gasteiger partial charge in [0.05, 0.1) is 14.5 Å². The van der Waals surface area contributed by atoms with Gasteiger partial charge in [-0.2, -0.15) is 0 Å². The average molecular weight is 426 g/mol. The number of benzene rings is 2. The normalized spacial score (nSPS) is 10.7. The maximum atomic E-state index is 13.5. The smallest absolute Gasteiger partial charge is 0.148 e. The van der Waals surface area contributed by atoms with Gasteiger partial charge in [-0.1, -0.05) is 6.07 Å². The topological polar surface area (TPSA) is 9.23 Å². The Morgan fingerprint density at radius 1 is 1.05 bits per heavy atom. The Hall–Kier alpha value is -0.650. The molecule has 2 aromatic rings. The predicted molar refractivity (Wildman–Crippen MR) is 82.1 cm³/mol. The van der Waals surface area contributed by atoms with Crippen molar-refractivity contribution in [1.29, 1.82) is 0 Å². The summed E-state index contributed by atoms with van der Waals surface area (Å²) in [5.74, 6) is -0.426. The molecule has 0 aliphatic carbocycles. The van der Waals surface area contributed by atoms with Gasteiger partial charge in [-0.25, -0.2) is 8.78 Å². The molecule has 2 rings (SSSR count). The van der Waals surface area contributed by atoms with Crippen LogP contribution in [0.3, 0.4) is 0 Å². The van der Waals surface area contributed by atoms with E-state index >= 15 is 0 Å². The Balaban J connectivity index is 2.23. The SMILES string of the molecule is Fc1cccc(F)c1COc1c(Br)cc(CCl)cc1Br. The lowest BCUT2D eigenvalue weighted by Gasteiger charge is -2.12. The standard InChI is InChI=1S/C14H9Br2ClF2O/c15-10-4-8(6-17)5-11(16)14(10)20-7-9-12(18)2-1-3-13(9)19/h1-5H,6-7H2. The first-order chi connectivity index (χ1) is 9.52. The average Bonchev–Trinajstić information content (AvgIpc) is 2.40. The van der Waals surface area contributed by atoms with E-state index in [-0.39, 0.29) is 12.2 Å². The first-order valence-corrected chi connectivity index (χ1v) is 7.74. The molecular formula is C14H9Br2ClF2O. The minimum atomic E-state index is -0.630. The number of hydrogen-bond donors (Lipinski definition) is 0. The fourth-order valence-electron chi connectivity index (χ4n) is 1.64. The molecule has 1 nitrogen and oxygen atoms in total. The summed E-state index contributed by atoms with van der Waals surface area (Å²) in [6, 6.07) is 7.30. The zero-order valence-corrected chi connectivity index (χ0v) is 14.0. The Bertz CT molecular complexity index is 591. The van der Waals surface area contributed by atoms with Crippen molar-refractivity contribution in [3.8, 4) is 5.75 Å². The molecule has 0 saturated carbocycles. The molecule has 0 amide bonds. The molecule has 0 saturated heterocycles. The van der Waals surface area contributed by atoms with E-state index in [2.05, 4.69) is 31.9 Å². The van der Waals surface area contributed by atoms with Crippen LogP contribution in [-0.4, -0.2) is 0 Å². The number of halogens is 5. The summed E-state index contributed by atoms with van der Waals surface area (Å²) in [7, 11) is 0. The van der Waals surface area contributed by atoms with Gasteiger partial charge in [0.25, 0.3) is 0 Å². The molecular weight excluding hydrogens is 417 g/mol. The first-order valence-electron chi connectivity index (χ1n) is 5.62. The van der Waals surface area contributed by atoms with E-state index in [4.69, 9.17) is 16.3 Å². The molecule has 0 aliphatic heterocycles. The molecule has 0 atom stereocenters. The Kier molecular flexibility index (Phi) is 5.41. The van der Waals surface area contributed by atoms with Crippen molar-refractivity contribution in [2.45, 2.75) is 12.5 Å². The van der Waals surface area contributed by atoms with Gasteiger partial charge in [-0.3, -0.25) is 0 Å². The van der Waals surface area contributed by atoms with Crippen LogP contribution in [0.25, 0.3) is 0 Å². The third-order valence-electron chi connectivity index (χ3n) is 2.63. The largest absolute Gasteiger partial charge is 0.486 e. The van der Waals surface area contributed by atoms with Crippen LogP contribution in [0.2, 0.25) is 0 Å². The van der Waals surface area contributed by atoms with Crippen molar-refractivity contribution in [1.82, 2.24) is 0 Å². The Labute approximate surface area is 137 Å². The molecule has 20 heavy (non-hydrogen) atoms. The van der Waals surface area contributed by atoms with Crippen LogP contribution in [0.1, 0.15) is 11.1 Å². The van der Waals surface area contributed by atoms with Crippen LogP contribution < -0.4 is 4.74 Å². The maximum Gasteiger partial charge on any atom is 0.148 e. The highest BCUT2D eigenvalue weighted by Gasteiger charge is 2.13. The van der Waals surface area contributed by atoms with Gasteiger partial charge >= 0.3 is 0 Å². The van der Waals surface area contributed by atoms with Crippen molar-refractivity contribution in [2.75, 3.05) is 0 Å². The molecule has 0 aliphatic rings. The lowest BCUT2D eigenvalue weighted by molar-refractivity contribution is 0.289. The number of alkyl halides is 1. The van der Waals surface area contributed by atoms with Crippen LogP contribution in [0.4, 0.5) is 8.78 Å². The molecule has 0 heterocycles. The van der Waals surface area contributed by atoms with Gasteiger partial charge in [-0.05, 0) is 61.7 Å². The summed E-state index contributed by atoms with van der Waals surface area (Å²) < 4.78 is 33.9. The van der Waals surface area contributed by atoms with Gasteiger partial charge in [0.15, 0.2) is 0 Å². The third-order valence-corrected chi connectivity index (χ3v) is 4.12. The van der Waals surface area contributed by atoms with Crippen molar-refractivity contribution in [2.24, 2.45) is 0 Å². The minimum Gasteiger partial charge on any atom is -0.486 e. The molecule has 6 heteroatoms.